The molecule has 0 bridgehead atoms. The lowest BCUT2D eigenvalue weighted by Crippen LogP contribution is -2.09. The van der Waals surface area contributed by atoms with Gasteiger partial charge in [0.05, 0.1) is 5.69 Å². The second-order valence-corrected chi connectivity index (χ2v) is 4.20. The first-order valence-corrected chi connectivity index (χ1v) is 5.99. The molecule has 0 spiro atoms. The van der Waals surface area contributed by atoms with Gasteiger partial charge in [0, 0.05) is 45.8 Å². The number of imidazole rings is 1. The van der Waals surface area contributed by atoms with Crippen molar-refractivity contribution in [2.75, 3.05) is 25.6 Å². The van der Waals surface area contributed by atoms with Crippen molar-refractivity contribution in [1.82, 2.24) is 19.3 Å². The molecule has 2 rings (SSSR count). The summed E-state index contributed by atoms with van der Waals surface area (Å²) in [5.41, 5.74) is 0.967. The summed E-state index contributed by atoms with van der Waals surface area (Å²) in [5.74, 6) is 1.69. The Morgan fingerprint density at radius 2 is 2.28 bits per heavy atom. The molecule has 0 aliphatic carbocycles. The fourth-order valence-electron chi connectivity index (χ4n) is 1.75. The van der Waals surface area contributed by atoms with E-state index in [1.807, 2.05) is 37.0 Å². The van der Waals surface area contributed by atoms with Crippen molar-refractivity contribution < 1.29 is 4.74 Å². The lowest BCUT2D eigenvalue weighted by molar-refractivity contribution is 0.197. The number of ether oxygens (including phenoxy) is 1. The Bertz CT molecular complexity index is 502. The molecule has 0 radical (unpaired) electrons. The van der Waals surface area contributed by atoms with Gasteiger partial charge in [0.2, 0.25) is 5.95 Å². The monoisotopic (exact) mass is 249 g/mol. The minimum absolute atomic E-state index is 0.746. The Balaban J connectivity index is 2.10. The largest absolute Gasteiger partial charge is 0.385 e. The summed E-state index contributed by atoms with van der Waals surface area (Å²) >= 11 is 0. The molecule has 0 aliphatic rings. The summed E-state index contributed by atoms with van der Waals surface area (Å²) in [7, 11) is 3.61. The Morgan fingerprint density at radius 1 is 1.44 bits per heavy atom. The molecule has 2 aromatic heterocycles. The molecule has 6 nitrogen and oxygen atoms in total. The second kappa shape index (κ2) is 5.68. The molecule has 0 amide bonds. The molecule has 98 valence electrons. The maximum Gasteiger partial charge on any atom is 0.208 e. The van der Waals surface area contributed by atoms with E-state index in [0.717, 1.165) is 37.0 Å². The minimum atomic E-state index is 0.746. The standard InChI is InChI=1S/C12H19N5O/c1-10-9-17(11-5-7-16(2)15-11)12(14-10)13-6-4-8-18-3/h5,7,9H,4,6,8H2,1-3H3,(H,13,14). The third kappa shape index (κ3) is 2.89. The third-order valence-corrected chi connectivity index (χ3v) is 2.58. The molecule has 2 heterocycles. The first kappa shape index (κ1) is 12.6. The van der Waals surface area contributed by atoms with E-state index in [9.17, 15) is 0 Å². The van der Waals surface area contributed by atoms with Gasteiger partial charge >= 0.3 is 0 Å². The number of hydrogen-bond acceptors (Lipinski definition) is 4. The van der Waals surface area contributed by atoms with Crippen molar-refractivity contribution in [1.29, 1.82) is 0 Å². The van der Waals surface area contributed by atoms with Crippen molar-refractivity contribution in [3.63, 3.8) is 0 Å². The van der Waals surface area contributed by atoms with Crippen LogP contribution < -0.4 is 5.32 Å². The molecule has 1 N–H and O–H groups in total. The second-order valence-electron chi connectivity index (χ2n) is 4.20. The zero-order chi connectivity index (χ0) is 13.0. The van der Waals surface area contributed by atoms with Crippen LogP contribution in [0.5, 0.6) is 0 Å². The first-order valence-electron chi connectivity index (χ1n) is 5.99. The van der Waals surface area contributed by atoms with E-state index in [2.05, 4.69) is 15.4 Å². The van der Waals surface area contributed by atoms with Crippen LogP contribution in [0.25, 0.3) is 5.82 Å². The minimum Gasteiger partial charge on any atom is -0.385 e. The molecule has 0 fully saturated rings. The van der Waals surface area contributed by atoms with E-state index in [1.54, 1.807) is 11.8 Å². The van der Waals surface area contributed by atoms with Gasteiger partial charge in [-0.05, 0) is 13.3 Å². The van der Waals surface area contributed by atoms with Crippen LogP contribution in [0.1, 0.15) is 12.1 Å². The van der Waals surface area contributed by atoms with Crippen molar-refractivity contribution in [2.24, 2.45) is 7.05 Å². The average molecular weight is 249 g/mol. The number of methoxy groups -OCH3 is 1. The average Bonchev–Trinajstić information content (AvgIpc) is 2.91. The van der Waals surface area contributed by atoms with Crippen LogP contribution in [-0.2, 0) is 11.8 Å². The molecule has 2 aromatic rings. The zero-order valence-corrected chi connectivity index (χ0v) is 11.1. The van der Waals surface area contributed by atoms with E-state index in [-0.39, 0.29) is 0 Å². The molecule has 0 atom stereocenters. The summed E-state index contributed by atoms with van der Waals surface area (Å²) in [6.45, 7) is 3.55. The van der Waals surface area contributed by atoms with E-state index >= 15 is 0 Å². The molecule has 0 saturated carbocycles. The van der Waals surface area contributed by atoms with Crippen LogP contribution in [0.3, 0.4) is 0 Å². The summed E-state index contributed by atoms with van der Waals surface area (Å²) < 4.78 is 8.76. The topological polar surface area (TPSA) is 56.9 Å². The molecule has 0 saturated heterocycles. The summed E-state index contributed by atoms with van der Waals surface area (Å²) in [4.78, 5) is 4.46. The van der Waals surface area contributed by atoms with Gasteiger partial charge in [0.15, 0.2) is 5.82 Å². The Morgan fingerprint density at radius 3 is 2.94 bits per heavy atom. The highest BCUT2D eigenvalue weighted by molar-refractivity contribution is 5.38. The fourth-order valence-corrected chi connectivity index (χ4v) is 1.75. The first-order chi connectivity index (χ1) is 8.70. The normalized spacial score (nSPS) is 10.8. The number of aromatic nitrogens is 4. The Labute approximate surface area is 107 Å². The van der Waals surface area contributed by atoms with E-state index < -0.39 is 0 Å². The van der Waals surface area contributed by atoms with Gasteiger partial charge in [0.25, 0.3) is 0 Å². The lowest BCUT2D eigenvalue weighted by atomic mass is 10.4. The van der Waals surface area contributed by atoms with Gasteiger partial charge < -0.3 is 10.1 Å². The maximum absolute atomic E-state index is 5.02. The van der Waals surface area contributed by atoms with Crippen LogP contribution in [0, 0.1) is 6.92 Å². The Kier molecular flexibility index (Phi) is 3.99. The smallest absolute Gasteiger partial charge is 0.208 e. The van der Waals surface area contributed by atoms with Crippen LogP contribution in [0.15, 0.2) is 18.5 Å². The van der Waals surface area contributed by atoms with Crippen molar-refractivity contribution in [2.45, 2.75) is 13.3 Å². The Hall–Kier alpha value is -1.82. The number of hydrogen-bond donors (Lipinski definition) is 1. The molecular formula is C12H19N5O. The molecule has 0 unspecified atom stereocenters. The molecule has 0 aromatic carbocycles. The van der Waals surface area contributed by atoms with Crippen LogP contribution in [0.2, 0.25) is 0 Å². The third-order valence-electron chi connectivity index (χ3n) is 2.58. The van der Waals surface area contributed by atoms with Crippen molar-refractivity contribution in [3.05, 3.63) is 24.2 Å². The predicted octanol–water partition coefficient (Wildman–Crippen LogP) is 1.36. The lowest BCUT2D eigenvalue weighted by Gasteiger charge is -2.07. The van der Waals surface area contributed by atoms with Crippen LogP contribution in [-0.4, -0.2) is 39.6 Å². The van der Waals surface area contributed by atoms with E-state index in [4.69, 9.17) is 4.74 Å². The van der Waals surface area contributed by atoms with Gasteiger partial charge in [-0.15, -0.1) is 0 Å². The van der Waals surface area contributed by atoms with Crippen LogP contribution >= 0.6 is 0 Å². The SMILES string of the molecule is COCCCNc1nc(C)cn1-c1ccn(C)n1. The summed E-state index contributed by atoms with van der Waals surface area (Å²) in [5, 5.41) is 7.67. The molecule has 0 aliphatic heterocycles. The van der Waals surface area contributed by atoms with Crippen LogP contribution in [0.4, 0.5) is 5.95 Å². The van der Waals surface area contributed by atoms with Crippen molar-refractivity contribution >= 4 is 5.95 Å². The van der Waals surface area contributed by atoms with Gasteiger partial charge in [-0.3, -0.25) is 9.25 Å². The highest BCUT2D eigenvalue weighted by Gasteiger charge is 2.08. The van der Waals surface area contributed by atoms with E-state index in [0.29, 0.717) is 0 Å². The molecular weight excluding hydrogens is 230 g/mol. The molecule has 18 heavy (non-hydrogen) atoms. The molecule has 6 heteroatoms. The fraction of sp³-hybridized carbons (Fsp3) is 0.500. The number of rotatable bonds is 6. The van der Waals surface area contributed by atoms with Gasteiger partial charge in [-0.2, -0.15) is 5.10 Å². The summed E-state index contributed by atoms with van der Waals surface area (Å²) in [6.07, 6.45) is 4.84. The van der Waals surface area contributed by atoms with Crippen molar-refractivity contribution in [3.8, 4) is 5.82 Å². The highest BCUT2D eigenvalue weighted by atomic mass is 16.5. The number of anilines is 1. The van der Waals surface area contributed by atoms with Gasteiger partial charge in [0.1, 0.15) is 0 Å². The van der Waals surface area contributed by atoms with Gasteiger partial charge in [-0.1, -0.05) is 0 Å². The number of aryl methyl sites for hydroxylation is 2. The number of nitrogens with one attached hydrogen (secondary N) is 1. The van der Waals surface area contributed by atoms with Gasteiger partial charge in [-0.25, -0.2) is 4.98 Å². The quantitative estimate of drug-likeness (QED) is 0.785. The predicted molar refractivity (Wildman–Crippen MR) is 70.0 cm³/mol. The highest BCUT2D eigenvalue weighted by Crippen LogP contribution is 2.14. The number of nitrogens with zero attached hydrogens (tertiary/aromatic N) is 4. The zero-order valence-electron chi connectivity index (χ0n) is 11.1. The maximum atomic E-state index is 5.02. The van der Waals surface area contributed by atoms with E-state index in [1.165, 1.54) is 0 Å². The summed E-state index contributed by atoms with van der Waals surface area (Å²) in [6, 6.07) is 1.96.